The fraction of sp³-hybridized carbons (Fsp3) is 0.103. The molecule has 1 aliphatic carbocycles. The summed E-state index contributed by atoms with van der Waals surface area (Å²) >= 11 is 0. The van der Waals surface area contributed by atoms with Gasteiger partial charge in [0.25, 0.3) is 5.56 Å². The molecule has 192 valence electrons. The lowest BCUT2D eigenvalue weighted by Gasteiger charge is -2.20. The van der Waals surface area contributed by atoms with E-state index in [9.17, 15) is 35.0 Å². The first-order valence-electron chi connectivity index (χ1n) is 11.8. The number of nitriles is 1. The van der Waals surface area contributed by atoms with E-state index in [4.69, 9.17) is 0 Å². The Morgan fingerprint density at radius 1 is 0.821 bits per heavy atom. The monoisotopic (exact) mass is 520 g/mol. The molecule has 10 heteroatoms. The number of carbonyl (C=O) groups excluding carboxylic acids is 2. The maximum absolute atomic E-state index is 13.3. The summed E-state index contributed by atoms with van der Waals surface area (Å²) in [6.45, 7) is 1.52. The van der Waals surface area contributed by atoms with E-state index in [-0.39, 0.29) is 51.3 Å². The number of fused-ring (bicyclic) bond motifs is 2. The highest BCUT2D eigenvalue weighted by molar-refractivity contribution is 6.31. The van der Waals surface area contributed by atoms with Gasteiger partial charge in [-0.1, -0.05) is 42.5 Å². The molecule has 0 aliphatic heterocycles. The van der Waals surface area contributed by atoms with Crippen LogP contribution in [0.25, 0.3) is 0 Å². The summed E-state index contributed by atoms with van der Waals surface area (Å²) in [5, 5.41) is 49.3. The van der Waals surface area contributed by atoms with Gasteiger partial charge in [-0.15, -0.1) is 10.2 Å². The molecule has 3 aromatic carbocycles. The topological polar surface area (TPSA) is 165 Å². The molecule has 3 N–H and O–H groups in total. The molecular formula is C29H20N4O6. The molecule has 5 rings (SSSR count). The van der Waals surface area contributed by atoms with Gasteiger partial charge in [0.05, 0.1) is 22.4 Å². The summed E-state index contributed by atoms with van der Waals surface area (Å²) < 4.78 is 1.04. The highest BCUT2D eigenvalue weighted by Crippen LogP contribution is 2.41. The molecule has 0 unspecified atom stereocenters. The summed E-state index contributed by atoms with van der Waals surface area (Å²) in [4.78, 5) is 39.4. The Hall–Kier alpha value is -5.56. The predicted octanol–water partition coefficient (Wildman–Crippen LogP) is 4.58. The van der Waals surface area contributed by atoms with Crippen molar-refractivity contribution in [2.75, 3.05) is 0 Å². The van der Waals surface area contributed by atoms with Crippen molar-refractivity contribution in [2.45, 2.75) is 19.9 Å². The molecule has 1 aliphatic rings. The highest BCUT2D eigenvalue weighted by Gasteiger charge is 2.36. The second-order valence-electron chi connectivity index (χ2n) is 8.89. The number of phenols is 2. The number of ketones is 2. The number of aryl methyl sites for hydroxylation is 1. The van der Waals surface area contributed by atoms with E-state index in [1.165, 1.54) is 25.1 Å². The Morgan fingerprint density at radius 3 is 2.15 bits per heavy atom. The molecule has 0 spiro atoms. The third-order valence-corrected chi connectivity index (χ3v) is 6.62. The number of nitrogens with zero attached hydrogens (tertiary/aromatic N) is 4. The van der Waals surface area contributed by atoms with E-state index in [1.807, 2.05) is 36.4 Å². The molecule has 0 amide bonds. The van der Waals surface area contributed by atoms with Crippen molar-refractivity contribution in [2.24, 2.45) is 10.2 Å². The first-order chi connectivity index (χ1) is 18.7. The van der Waals surface area contributed by atoms with Gasteiger partial charge >= 0.3 is 0 Å². The van der Waals surface area contributed by atoms with Gasteiger partial charge in [-0.2, -0.15) is 5.26 Å². The molecule has 0 bridgehead atoms. The Bertz CT molecular complexity index is 1820. The second-order valence-corrected chi connectivity index (χ2v) is 8.89. The van der Waals surface area contributed by atoms with Crippen molar-refractivity contribution in [1.29, 1.82) is 5.26 Å². The van der Waals surface area contributed by atoms with Gasteiger partial charge in [0.15, 0.2) is 11.5 Å². The quantitative estimate of drug-likeness (QED) is 0.225. The Balaban J connectivity index is 1.60. The predicted molar refractivity (Wildman–Crippen MR) is 139 cm³/mol. The van der Waals surface area contributed by atoms with Crippen molar-refractivity contribution in [3.8, 4) is 23.4 Å². The molecule has 1 aromatic heterocycles. The zero-order valence-electron chi connectivity index (χ0n) is 20.5. The molecule has 0 saturated carbocycles. The van der Waals surface area contributed by atoms with E-state index >= 15 is 0 Å². The minimum absolute atomic E-state index is 0.0430. The van der Waals surface area contributed by atoms with E-state index < -0.39 is 34.5 Å². The Morgan fingerprint density at radius 2 is 1.49 bits per heavy atom. The van der Waals surface area contributed by atoms with Crippen LogP contribution in [0, 0.1) is 18.3 Å². The van der Waals surface area contributed by atoms with Gasteiger partial charge in [0, 0.05) is 17.7 Å². The van der Waals surface area contributed by atoms with E-state index in [2.05, 4.69) is 10.2 Å². The number of rotatable bonds is 5. The fourth-order valence-electron chi connectivity index (χ4n) is 4.61. The smallest absolute Gasteiger partial charge is 0.271 e. The van der Waals surface area contributed by atoms with Crippen LogP contribution in [-0.2, 0) is 13.0 Å². The summed E-state index contributed by atoms with van der Waals surface area (Å²) in [5.74, 6) is -2.84. The molecular weight excluding hydrogens is 500 g/mol. The van der Waals surface area contributed by atoms with Crippen LogP contribution in [-0.4, -0.2) is 31.5 Å². The van der Waals surface area contributed by atoms with Crippen molar-refractivity contribution < 1.29 is 24.9 Å². The number of aromatic nitrogens is 1. The van der Waals surface area contributed by atoms with Crippen LogP contribution in [0.5, 0.6) is 17.4 Å². The summed E-state index contributed by atoms with van der Waals surface area (Å²) in [6.07, 6.45) is 0.400. The average Bonchev–Trinajstić information content (AvgIpc) is 2.93. The van der Waals surface area contributed by atoms with Crippen LogP contribution < -0.4 is 5.56 Å². The van der Waals surface area contributed by atoms with Gasteiger partial charge in [-0.25, -0.2) is 0 Å². The lowest BCUT2D eigenvalue weighted by molar-refractivity contribution is 0.0974. The molecule has 39 heavy (non-hydrogen) atoms. The van der Waals surface area contributed by atoms with Crippen LogP contribution >= 0.6 is 0 Å². The molecule has 1 heterocycles. The summed E-state index contributed by atoms with van der Waals surface area (Å²) in [6, 6.07) is 17.7. The van der Waals surface area contributed by atoms with Gasteiger partial charge in [0.1, 0.15) is 23.1 Å². The summed E-state index contributed by atoms with van der Waals surface area (Å²) in [5.41, 5.74) is -0.913. The number of phenolic OH excluding ortho intramolecular Hbond substituents is 2. The molecule has 10 nitrogen and oxygen atoms in total. The second kappa shape index (κ2) is 9.72. The highest BCUT2D eigenvalue weighted by atomic mass is 16.3. The third kappa shape index (κ3) is 4.12. The number of azo groups is 1. The van der Waals surface area contributed by atoms with Crippen LogP contribution in [0.2, 0.25) is 0 Å². The van der Waals surface area contributed by atoms with Crippen LogP contribution in [0.3, 0.4) is 0 Å². The zero-order valence-corrected chi connectivity index (χ0v) is 20.5. The van der Waals surface area contributed by atoms with E-state index in [0.29, 0.717) is 6.42 Å². The van der Waals surface area contributed by atoms with E-state index in [0.717, 1.165) is 22.3 Å². The van der Waals surface area contributed by atoms with E-state index in [1.54, 1.807) is 0 Å². The average molecular weight is 521 g/mol. The lowest BCUT2D eigenvalue weighted by atomic mass is 9.82. The Kier molecular flexibility index (Phi) is 6.26. The lowest BCUT2D eigenvalue weighted by Crippen LogP contribution is -2.24. The number of carbonyl (C=O) groups is 2. The molecule has 4 aromatic rings. The fourth-order valence-corrected chi connectivity index (χ4v) is 4.61. The first-order valence-corrected chi connectivity index (χ1v) is 11.8. The van der Waals surface area contributed by atoms with Crippen molar-refractivity contribution in [3.05, 3.63) is 110 Å². The Labute approximate surface area is 221 Å². The van der Waals surface area contributed by atoms with Crippen LogP contribution in [0.15, 0.2) is 75.7 Å². The number of pyridine rings is 1. The van der Waals surface area contributed by atoms with Gasteiger partial charge < -0.3 is 15.3 Å². The third-order valence-electron chi connectivity index (χ3n) is 6.62. The standard InChI is InChI=1S/C29H20N4O6/c1-15-18(14-30)28(38)33(13-12-16-6-3-2-4-7-16)29(39)25(15)32-31-19-9-5-8-17-22(19)27(37)24-21(35)11-10-20(34)23(24)26(17)36/h2-11,34-35,39H,12-13H2,1H3/b32-31+. The zero-order chi connectivity index (χ0) is 27.8. The number of hydrogen-bond acceptors (Lipinski definition) is 9. The maximum Gasteiger partial charge on any atom is 0.271 e. The van der Waals surface area contributed by atoms with Crippen molar-refractivity contribution in [3.63, 3.8) is 0 Å². The largest absolute Gasteiger partial charge is 0.507 e. The van der Waals surface area contributed by atoms with Crippen molar-refractivity contribution >= 4 is 22.9 Å². The first kappa shape index (κ1) is 25.1. The number of hydrogen-bond donors (Lipinski definition) is 3. The van der Waals surface area contributed by atoms with Crippen molar-refractivity contribution in [1.82, 2.24) is 4.57 Å². The van der Waals surface area contributed by atoms with Gasteiger partial charge in [-0.3, -0.25) is 19.0 Å². The SMILES string of the molecule is Cc1c(/N=N/c2cccc3c2C(=O)c2c(O)ccc(O)c2C3=O)c(O)n(CCc2ccccc2)c(=O)c1C#N. The molecule has 0 atom stereocenters. The molecule has 0 radical (unpaired) electrons. The minimum atomic E-state index is -0.742. The van der Waals surface area contributed by atoms with Crippen LogP contribution in [0.1, 0.15) is 48.5 Å². The number of benzene rings is 3. The minimum Gasteiger partial charge on any atom is -0.507 e. The van der Waals surface area contributed by atoms with Crippen LogP contribution in [0.4, 0.5) is 11.4 Å². The molecule has 0 fully saturated rings. The molecule has 0 saturated heterocycles. The maximum atomic E-state index is 13.3. The number of aromatic hydroxyl groups is 3. The van der Waals surface area contributed by atoms with Gasteiger partial charge in [-0.05, 0) is 37.1 Å². The summed E-state index contributed by atoms with van der Waals surface area (Å²) in [7, 11) is 0. The van der Waals surface area contributed by atoms with Gasteiger partial charge in [0.2, 0.25) is 11.7 Å². The normalized spacial score (nSPS) is 12.3.